The van der Waals surface area contributed by atoms with Gasteiger partial charge in [0, 0.05) is 24.9 Å². The quantitative estimate of drug-likeness (QED) is 0.563. The summed E-state index contributed by atoms with van der Waals surface area (Å²) < 4.78 is 1.52. The molecule has 0 aliphatic rings. The van der Waals surface area contributed by atoms with Gasteiger partial charge in [-0.2, -0.15) is 0 Å². The Morgan fingerprint density at radius 3 is 2.76 bits per heavy atom. The molecule has 1 amide bonds. The Kier molecular flexibility index (Phi) is 5.14. The van der Waals surface area contributed by atoms with Crippen molar-refractivity contribution in [3.05, 3.63) is 58.5 Å². The number of nitrogens with one attached hydrogen (secondary N) is 1. The number of amides is 1. The summed E-state index contributed by atoms with van der Waals surface area (Å²) in [6.07, 6.45) is 0.309. The van der Waals surface area contributed by atoms with E-state index in [1.165, 1.54) is 16.3 Å². The Balaban J connectivity index is 1.64. The van der Waals surface area contributed by atoms with Gasteiger partial charge in [0.05, 0.1) is 10.9 Å². The van der Waals surface area contributed by atoms with E-state index in [2.05, 4.69) is 15.3 Å². The Bertz CT molecular complexity index is 984. The standard InChI is InChI=1S/C18H18N4O2S/c1-12-6-5-9-15(19-12)21-16(23)10-11-25-18-20-14-8-4-3-7-13(14)17(24)22(18)2/h3-9H,10-11H2,1-2H3,(H,19,21,23). The maximum atomic E-state index is 12.3. The lowest BCUT2D eigenvalue weighted by Gasteiger charge is -2.09. The number of anilines is 1. The largest absolute Gasteiger partial charge is 0.311 e. The average molecular weight is 354 g/mol. The molecule has 0 aliphatic heterocycles. The van der Waals surface area contributed by atoms with E-state index in [0.29, 0.717) is 34.1 Å². The summed E-state index contributed by atoms with van der Waals surface area (Å²) in [7, 11) is 1.70. The van der Waals surface area contributed by atoms with Crippen LogP contribution in [0.2, 0.25) is 0 Å². The van der Waals surface area contributed by atoms with E-state index in [-0.39, 0.29) is 11.5 Å². The first-order valence-electron chi connectivity index (χ1n) is 7.86. The number of nitrogens with zero attached hydrogens (tertiary/aromatic N) is 3. The maximum Gasteiger partial charge on any atom is 0.261 e. The third kappa shape index (κ3) is 4.06. The highest BCUT2D eigenvalue weighted by atomic mass is 32.2. The SMILES string of the molecule is Cc1cccc(NC(=O)CCSc2nc3ccccc3c(=O)n2C)n1. The number of carbonyl (C=O) groups is 1. The molecule has 2 aromatic heterocycles. The lowest BCUT2D eigenvalue weighted by Crippen LogP contribution is -2.20. The van der Waals surface area contributed by atoms with Crippen LogP contribution in [-0.4, -0.2) is 26.2 Å². The van der Waals surface area contributed by atoms with E-state index < -0.39 is 0 Å². The fraction of sp³-hybridized carbons (Fsp3) is 0.222. The minimum absolute atomic E-state index is 0.0819. The molecule has 3 rings (SSSR count). The number of carbonyl (C=O) groups excluding carboxylic acids is 1. The maximum absolute atomic E-state index is 12.3. The number of hydrogen-bond donors (Lipinski definition) is 1. The van der Waals surface area contributed by atoms with Crippen LogP contribution in [0, 0.1) is 6.92 Å². The second-order valence-electron chi connectivity index (χ2n) is 5.59. The lowest BCUT2D eigenvalue weighted by molar-refractivity contribution is -0.115. The molecule has 0 saturated carbocycles. The highest BCUT2D eigenvalue weighted by Gasteiger charge is 2.10. The highest BCUT2D eigenvalue weighted by molar-refractivity contribution is 7.99. The number of aryl methyl sites for hydroxylation is 1. The van der Waals surface area contributed by atoms with Gasteiger partial charge < -0.3 is 5.32 Å². The van der Waals surface area contributed by atoms with E-state index in [9.17, 15) is 9.59 Å². The molecule has 25 heavy (non-hydrogen) atoms. The van der Waals surface area contributed by atoms with Gasteiger partial charge in [0.25, 0.3) is 5.56 Å². The molecule has 0 atom stereocenters. The van der Waals surface area contributed by atoms with Gasteiger partial charge in [-0.3, -0.25) is 14.2 Å². The average Bonchev–Trinajstić information content (AvgIpc) is 2.59. The minimum atomic E-state index is -0.114. The first kappa shape index (κ1) is 17.2. The smallest absolute Gasteiger partial charge is 0.261 e. The first-order valence-corrected chi connectivity index (χ1v) is 8.85. The Labute approximate surface area is 149 Å². The molecule has 2 heterocycles. The van der Waals surface area contributed by atoms with Crippen LogP contribution < -0.4 is 10.9 Å². The fourth-order valence-corrected chi connectivity index (χ4v) is 3.29. The normalized spacial score (nSPS) is 10.8. The summed E-state index contributed by atoms with van der Waals surface area (Å²) in [5.41, 5.74) is 1.44. The summed E-state index contributed by atoms with van der Waals surface area (Å²) in [5.74, 6) is 0.957. The summed E-state index contributed by atoms with van der Waals surface area (Å²) in [5, 5.41) is 3.97. The van der Waals surface area contributed by atoms with Crippen molar-refractivity contribution in [3.63, 3.8) is 0 Å². The monoisotopic (exact) mass is 354 g/mol. The van der Waals surface area contributed by atoms with Crippen molar-refractivity contribution >= 4 is 34.4 Å². The highest BCUT2D eigenvalue weighted by Crippen LogP contribution is 2.18. The molecule has 1 aromatic carbocycles. The molecule has 0 spiro atoms. The van der Waals surface area contributed by atoms with Crippen LogP contribution in [0.4, 0.5) is 5.82 Å². The molecule has 6 nitrogen and oxygen atoms in total. The summed E-state index contributed by atoms with van der Waals surface area (Å²) in [4.78, 5) is 33.1. The predicted molar refractivity (Wildman–Crippen MR) is 99.9 cm³/mol. The van der Waals surface area contributed by atoms with Crippen LogP contribution in [0.15, 0.2) is 52.4 Å². The van der Waals surface area contributed by atoms with Crippen molar-refractivity contribution in [2.45, 2.75) is 18.5 Å². The lowest BCUT2D eigenvalue weighted by atomic mass is 10.2. The Morgan fingerprint density at radius 1 is 1.16 bits per heavy atom. The number of pyridine rings is 1. The number of aromatic nitrogens is 3. The van der Waals surface area contributed by atoms with Crippen molar-refractivity contribution in [1.82, 2.24) is 14.5 Å². The Morgan fingerprint density at radius 2 is 1.96 bits per heavy atom. The zero-order chi connectivity index (χ0) is 17.8. The minimum Gasteiger partial charge on any atom is -0.311 e. The topological polar surface area (TPSA) is 76.9 Å². The number of rotatable bonds is 5. The Hall–Kier alpha value is -2.67. The summed E-state index contributed by atoms with van der Waals surface area (Å²) in [6, 6.07) is 12.7. The van der Waals surface area contributed by atoms with Crippen molar-refractivity contribution in [1.29, 1.82) is 0 Å². The zero-order valence-corrected chi connectivity index (χ0v) is 14.8. The molecule has 3 aromatic rings. The van der Waals surface area contributed by atoms with Gasteiger partial charge in [-0.15, -0.1) is 0 Å². The van der Waals surface area contributed by atoms with E-state index >= 15 is 0 Å². The van der Waals surface area contributed by atoms with Gasteiger partial charge in [-0.05, 0) is 31.2 Å². The zero-order valence-electron chi connectivity index (χ0n) is 14.0. The molecule has 128 valence electrons. The van der Waals surface area contributed by atoms with Gasteiger partial charge in [0.15, 0.2) is 5.16 Å². The van der Waals surface area contributed by atoms with Crippen molar-refractivity contribution in [2.24, 2.45) is 7.05 Å². The van der Waals surface area contributed by atoms with Gasteiger partial charge in [0.1, 0.15) is 5.82 Å². The molecule has 0 fully saturated rings. The third-order valence-corrected chi connectivity index (χ3v) is 4.69. The van der Waals surface area contributed by atoms with Crippen LogP contribution in [0.3, 0.4) is 0 Å². The predicted octanol–water partition coefficient (Wildman–Crippen LogP) is 2.76. The molecular formula is C18H18N4O2S. The van der Waals surface area contributed by atoms with Crippen LogP contribution >= 0.6 is 11.8 Å². The van der Waals surface area contributed by atoms with Gasteiger partial charge in [-0.1, -0.05) is 30.0 Å². The van der Waals surface area contributed by atoms with Gasteiger partial charge in [0.2, 0.25) is 5.91 Å². The molecule has 0 saturated heterocycles. The number of para-hydroxylation sites is 1. The third-order valence-electron chi connectivity index (χ3n) is 3.66. The van der Waals surface area contributed by atoms with E-state index in [4.69, 9.17) is 0 Å². The summed E-state index contributed by atoms with van der Waals surface area (Å²) >= 11 is 1.39. The van der Waals surface area contributed by atoms with E-state index in [1.807, 2.05) is 37.3 Å². The van der Waals surface area contributed by atoms with Crippen molar-refractivity contribution < 1.29 is 4.79 Å². The fourth-order valence-electron chi connectivity index (χ4n) is 2.38. The van der Waals surface area contributed by atoms with Crippen LogP contribution in [0.5, 0.6) is 0 Å². The number of thioether (sulfide) groups is 1. The number of hydrogen-bond acceptors (Lipinski definition) is 5. The van der Waals surface area contributed by atoms with Crippen LogP contribution in [0.25, 0.3) is 10.9 Å². The molecule has 0 radical (unpaired) electrons. The molecular weight excluding hydrogens is 336 g/mol. The molecule has 0 bridgehead atoms. The second-order valence-corrected chi connectivity index (χ2v) is 6.65. The van der Waals surface area contributed by atoms with E-state index in [1.54, 1.807) is 19.2 Å². The number of fused-ring (bicyclic) bond motifs is 1. The molecule has 7 heteroatoms. The number of benzene rings is 1. The summed E-state index contributed by atoms with van der Waals surface area (Å²) in [6.45, 7) is 1.87. The molecule has 0 unspecified atom stereocenters. The van der Waals surface area contributed by atoms with Gasteiger partial charge in [-0.25, -0.2) is 9.97 Å². The van der Waals surface area contributed by atoms with Crippen molar-refractivity contribution in [3.8, 4) is 0 Å². The second kappa shape index (κ2) is 7.48. The van der Waals surface area contributed by atoms with E-state index in [0.717, 1.165) is 5.69 Å². The van der Waals surface area contributed by atoms with Crippen LogP contribution in [-0.2, 0) is 11.8 Å². The first-order chi connectivity index (χ1) is 12.0. The van der Waals surface area contributed by atoms with Crippen molar-refractivity contribution in [2.75, 3.05) is 11.1 Å². The molecule has 0 aliphatic carbocycles. The van der Waals surface area contributed by atoms with Crippen LogP contribution in [0.1, 0.15) is 12.1 Å². The van der Waals surface area contributed by atoms with Gasteiger partial charge >= 0.3 is 0 Å². The molecule has 1 N–H and O–H groups in total.